The molecule has 0 aliphatic carbocycles. The molecule has 0 unspecified atom stereocenters. The smallest absolute Gasteiger partial charge is 0.311 e. The van der Waals surface area contributed by atoms with E-state index in [-0.39, 0.29) is 18.3 Å². The van der Waals surface area contributed by atoms with E-state index in [0.717, 1.165) is 0 Å². The van der Waals surface area contributed by atoms with Crippen LogP contribution in [0.4, 0.5) is 5.13 Å². The van der Waals surface area contributed by atoms with Crippen molar-refractivity contribution in [3.8, 4) is 0 Å². The first-order valence-electron chi connectivity index (χ1n) is 9.46. The number of rotatable bonds is 8. The second kappa shape index (κ2) is 9.01. The zero-order valence-electron chi connectivity index (χ0n) is 16.4. The summed E-state index contributed by atoms with van der Waals surface area (Å²) in [7, 11) is 0. The van der Waals surface area contributed by atoms with Crippen LogP contribution in [0.2, 0.25) is 0 Å². The molecule has 28 heavy (non-hydrogen) atoms. The molecule has 0 atom stereocenters. The van der Waals surface area contributed by atoms with Crippen LogP contribution in [0.3, 0.4) is 0 Å². The molecule has 3 rings (SSSR count). The van der Waals surface area contributed by atoms with E-state index in [1.807, 2.05) is 12.1 Å². The molecule has 0 bridgehead atoms. The fourth-order valence-electron chi connectivity index (χ4n) is 3.14. The second-order valence-electron chi connectivity index (χ2n) is 6.85. The Balaban J connectivity index is 1.60. The first-order chi connectivity index (χ1) is 13.5. The number of thiazole rings is 1. The quantitative estimate of drug-likeness (QED) is 0.571. The van der Waals surface area contributed by atoms with E-state index in [1.165, 1.54) is 27.8 Å². The molecule has 0 saturated carbocycles. The van der Waals surface area contributed by atoms with Crippen LogP contribution in [0, 0.1) is 0 Å². The molecular weight excluding hydrogens is 374 g/mol. The first-order valence-corrected chi connectivity index (χ1v) is 10.3. The van der Waals surface area contributed by atoms with Crippen LogP contribution in [0.15, 0.2) is 35.8 Å². The number of amides is 1. The summed E-state index contributed by atoms with van der Waals surface area (Å²) in [4.78, 5) is 28.2. The largest absolute Gasteiger partial charge is 0.466 e. The van der Waals surface area contributed by atoms with E-state index in [0.29, 0.717) is 36.3 Å². The van der Waals surface area contributed by atoms with Crippen LogP contribution >= 0.6 is 11.3 Å². The van der Waals surface area contributed by atoms with Gasteiger partial charge in [0.2, 0.25) is 5.91 Å². The number of hydrogen-bond acceptors (Lipinski definition) is 5. The van der Waals surface area contributed by atoms with Gasteiger partial charge in [-0.1, -0.05) is 18.2 Å². The monoisotopic (exact) mass is 399 g/mol. The number of para-hydroxylation sites is 1. The summed E-state index contributed by atoms with van der Waals surface area (Å²) in [5.74, 6) is -0.398. The zero-order chi connectivity index (χ0) is 20.1. The van der Waals surface area contributed by atoms with Crippen LogP contribution < -0.4 is 5.32 Å². The summed E-state index contributed by atoms with van der Waals surface area (Å²) in [6.07, 6.45) is 3.30. The van der Waals surface area contributed by atoms with Gasteiger partial charge in [-0.2, -0.15) is 0 Å². The van der Waals surface area contributed by atoms with Crippen molar-refractivity contribution in [1.29, 1.82) is 0 Å². The number of esters is 1. The maximum atomic E-state index is 12.4. The van der Waals surface area contributed by atoms with Gasteiger partial charge in [-0.05, 0) is 38.8 Å². The minimum Gasteiger partial charge on any atom is -0.466 e. The highest BCUT2D eigenvalue weighted by Gasteiger charge is 2.13. The summed E-state index contributed by atoms with van der Waals surface area (Å²) < 4.78 is 7.16. The third-order valence-electron chi connectivity index (χ3n) is 4.43. The average molecular weight is 400 g/mol. The van der Waals surface area contributed by atoms with Crippen molar-refractivity contribution in [1.82, 2.24) is 9.55 Å². The van der Waals surface area contributed by atoms with Crippen LogP contribution in [-0.4, -0.2) is 28.0 Å². The Hall–Kier alpha value is -2.67. The molecule has 6 nitrogen and oxygen atoms in total. The van der Waals surface area contributed by atoms with Crippen LogP contribution in [0.1, 0.15) is 44.5 Å². The molecular formula is C21H25N3O3S. The van der Waals surface area contributed by atoms with E-state index in [2.05, 4.69) is 47.0 Å². The van der Waals surface area contributed by atoms with Gasteiger partial charge in [-0.15, -0.1) is 11.3 Å². The summed E-state index contributed by atoms with van der Waals surface area (Å²) in [6.45, 7) is 6.42. The van der Waals surface area contributed by atoms with Crippen molar-refractivity contribution < 1.29 is 14.3 Å². The average Bonchev–Trinajstić information content (AvgIpc) is 3.24. The fourth-order valence-corrected chi connectivity index (χ4v) is 3.87. The molecule has 0 spiro atoms. The molecule has 1 N–H and O–H groups in total. The molecule has 0 aliphatic rings. The Bertz CT molecular complexity index is 974. The lowest BCUT2D eigenvalue weighted by atomic mass is 10.1. The molecule has 0 radical (unpaired) electrons. The van der Waals surface area contributed by atoms with Crippen molar-refractivity contribution in [2.75, 3.05) is 11.9 Å². The highest BCUT2D eigenvalue weighted by atomic mass is 32.1. The predicted octanol–water partition coefficient (Wildman–Crippen LogP) is 4.36. The standard InChI is InChI=1S/C21H25N3O3S/c1-4-27-20(26)11-16-13-28-21(22-16)23-19(25)10-9-15-12-24(14(2)3)18-8-6-5-7-17(15)18/h5-8,12-14H,4,9-11H2,1-3H3,(H,22,23,25). The number of anilines is 1. The molecule has 148 valence electrons. The van der Waals surface area contributed by atoms with E-state index in [4.69, 9.17) is 4.74 Å². The number of benzene rings is 1. The highest BCUT2D eigenvalue weighted by molar-refractivity contribution is 7.13. The summed E-state index contributed by atoms with van der Waals surface area (Å²) in [5.41, 5.74) is 2.97. The van der Waals surface area contributed by atoms with E-state index < -0.39 is 0 Å². The number of nitrogens with one attached hydrogen (secondary N) is 1. The predicted molar refractivity (Wildman–Crippen MR) is 112 cm³/mol. The molecule has 2 heterocycles. The molecule has 1 amide bonds. The van der Waals surface area contributed by atoms with Gasteiger partial charge < -0.3 is 14.6 Å². The molecule has 2 aromatic heterocycles. The molecule has 0 fully saturated rings. The highest BCUT2D eigenvalue weighted by Crippen LogP contribution is 2.26. The number of fused-ring (bicyclic) bond motifs is 1. The van der Waals surface area contributed by atoms with E-state index in [9.17, 15) is 9.59 Å². The first kappa shape index (κ1) is 20.1. The van der Waals surface area contributed by atoms with Gasteiger partial charge in [-0.25, -0.2) is 4.98 Å². The fraction of sp³-hybridized carbons (Fsp3) is 0.381. The van der Waals surface area contributed by atoms with Crippen molar-refractivity contribution in [2.45, 2.75) is 46.1 Å². The number of hydrogen-bond donors (Lipinski definition) is 1. The Morgan fingerprint density at radius 1 is 1.29 bits per heavy atom. The number of aromatic nitrogens is 2. The van der Waals surface area contributed by atoms with Crippen LogP contribution in [0.25, 0.3) is 10.9 Å². The number of ether oxygens (including phenoxy) is 1. The third-order valence-corrected chi connectivity index (χ3v) is 5.24. The van der Waals surface area contributed by atoms with E-state index in [1.54, 1.807) is 12.3 Å². The van der Waals surface area contributed by atoms with Crippen molar-refractivity contribution in [3.05, 3.63) is 47.1 Å². The van der Waals surface area contributed by atoms with Crippen LogP contribution in [-0.2, 0) is 27.2 Å². The van der Waals surface area contributed by atoms with Gasteiger partial charge in [0.1, 0.15) is 0 Å². The molecule has 0 aliphatic heterocycles. The normalized spacial score (nSPS) is 11.1. The number of carbonyl (C=O) groups excluding carboxylic acids is 2. The summed E-state index contributed by atoms with van der Waals surface area (Å²) >= 11 is 1.32. The van der Waals surface area contributed by atoms with E-state index >= 15 is 0 Å². The lowest BCUT2D eigenvalue weighted by Gasteiger charge is -2.08. The maximum absolute atomic E-state index is 12.4. The molecule has 7 heteroatoms. The minimum atomic E-state index is -0.313. The Morgan fingerprint density at radius 2 is 2.07 bits per heavy atom. The van der Waals surface area contributed by atoms with Gasteiger partial charge in [0, 0.05) is 34.9 Å². The second-order valence-corrected chi connectivity index (χ2v) is 7.70. The maximum Gasteiger partial charge on any atom is 0.311 e. The van der Waals surface area contributed by atoms with Crippen molar-refractivity contribution in [2.24, 2.45) is 0 Å². The van der Waals surface area contributed by atoms with Crippen molar-refractivity contribution >= 4 is 39.2 Å². The molecule has 0 saturated heterocycles. The van der Waals surface area contributed by atoms with Gasteiger partial charge in [0.15, 0.2) is 5.13 Å². The Morgan fingerprint density at radius 3 is 2.82 bits per heavy atom. The van der Waals surface area contributed by atoms with Gasteiger partial charge in [0.05, 0.1) is 18.7 Å². The number of carbonyl (C=O) groups is 2. The Labute approximate surface area is 168 Å². The summed E-state index contributed by atoms with van der Waals surface area (Å²) in [5, 5.41) is 6.29. The van der Waals surface area contributed by atoms with Gasteiger partial charge in [0.25, 0.3) is 0 Å². The zero-order valence-corrected chi connectivity index (χ0v) is 17.2. The van der Waals surface area contributed by atoms with Crippen LogP contribution in [0.5, 0.6) is 0 Å². The summed E-state index contributed by atoms with van der Waals surface area (Å²) in [6, 6.07) is 8.63. The third kappa shape index (κ3) is 4.78. The molecule has 1 aromatic carbocycles. The van der Waals surface area contributed by atoms with Gasteiger partial charge >= 0.3 is 5.97 Å². The lowest BCUT2D eigenvalue weighted by Crippen LogP contribution is -2.12. The molecule has 3 aromatic rings. The van der Waals surface area contributed by atoms with Gasteiger partial charge in [-0.3, -0.25) is 9.59 Å². The number of nitrogens with zero attached hydrogens (tertiary/aromatic N) is 2. The topological polar surface area (TPSA) is 73.2 Å². The van der Waals surface area contributed by atoms with Crippen molar-refractivity contribution in [3.63, 3.8) is 0 Å². The minimum absolute atomic E-state index is 0.0848. The Kier molecular flexibility index (Phi) is 6.46. The number of aryl methyl sites for hydroxylation is 1. The lowest BCUT2D eigenvalue weighted by molar-refractivity contribution is -0.142. The SMILES string of the molecule is CCOC(=O)Cc1csc(NC(=O)CCc2cn(C(C)C)c3ccccc23)n1.